The molecule has 0 fully saturated rings. The Hall–Kier alpha value is 0.470. The van der Waals surface area contributed by atoms with Crippen molar-refractivity contribution in [2.75, 3.05) is 0 Å². The second-order valence-corrected chi connectivity index (χ2v) is 7.02. The third-order valence-corrected chi connectivity index (χ3v) is 5.31. The minimum atomic E-state index is 0.496. The molecule has 1 heterocycles. The maximum absolute atomic E-state index is 5.92. The first-order valence-electron chi connectivity index (χ1n) is 6.13. The predicted molar refractivity (Wildman–Crippen MR) is 79.0 cm³/mol. The molecule has 0 aromatic carbocycles. The molecule has 0 saturated heterocycles. The van der Waals surface area contributed by atoms with Crippen molar-refractivity contribution in [3.05, 3.63) is 21.3 Å². The molecule has 0 aliphatic heterocycles. The van der Waals surface area contributed by atoms with Gasteiger partial charge < -0.3 is 0 Å². The van der Waals surface area contributed by atoms with E-state index in [0.29, 0.717) is 4.83 Å². The van der Waals surface area contributed by atoms with E-state index in [1.165, 1.54) is 49.8 Å². The first-order valence-corrected chi connectivity index (χ1v) is 8.24. The summed E-state index contributed by atoms with van der Waals surface area (Å²) in [6.07, 6.45) is 9.40. The van der Waals surface area contributed by atoms with Crippen LogP contribution in [0.25, 0.3) is 0 Å². The van der Waals surface area contributed by atoms with Crippen molar-refractivity contribution >= 4 is 38.9 Å². The van der Waals surface area contributed by atoms with Crippen LogP contribution >= 0.6 is 38.9 Å². The maximum atomic E-state index is 5.92. The van der Waals surface area contributed by atoms with Crippen LogP contribution in [0, 0.1) is 0 Å². The van der Waals surface area contributed by atoms with Gasteiger partial charge in [-0.25, -0.2) is 0 Å². The predicted octanol–water partition coefficient (Wildman–Crippen LogP) is 6.59. The highest BCUT2D eigenvalue weighted by Crippen LogP contribution is 2.35. The SMILES string of the molecule is CCCCCCCCC(Br)c1ccc(Cl)s1. The van der Waals surface area contributed by atoms with Crippen molar-refractivity contribution in [2.45, 2.75) is 56.7 Å². The minimum Gasteiger partial charge on any atom is -0.127 e. The van der Waals surface area contributed by atoms with E-state index in [2.05, 4.69) is 28.9 Å². The van der Waals surface area contributed by atoms with E-state index in [-0.39, 0.29) is 0 Å². The first kappa shape index (κ1) is 14.5. The Bertz CT molecular complexity index is 285. The van der Waals surface area contributed by atoms with Gasteiger partial charge in [-0.1, -0.05) is 73.0 Å². The molecule has 0 radical (unpaired) electrons. The van der Waals surface area contributed by atoms with Crippen LogP contribution in [0.3, 0.4) is 0 Å². The van der Waals surface area contributed by atoms with Gasteiger partial charge in [0, 0.05) is 9.70 Å². The molecule has 3 heteroatoms. The summed E-state index contributed by atoms with van der Waals surface area (Å²) >= 11 is 11.3. The highest BCUT2D eigenvalue weighted by atomic mass is 79.9. The Morgan fingerprint density at radius 3 is 2.50 bits per heavy atom. The topological polar surface area (TPSA) is 0 Å². The summed E-state index contributed by atoms with van der Waals surface area (Å²) in [4.78, 5) is 1.86. The van der Waals surface area contributed by atoms with Crippen LogP contribution in [0.5, 0.6) is 0 Å². The van der Waals surface area contributed by atoms with Gasteiger partial charge in [0.25, 0.3) is 0 Å². The molecule has 1 unspecified atom stereocenters. The Kier molecular flexibility index (Phi) is 7.76. The number of hydrogen-bond acceptors (Lipinski definition) is 1. The first-order chi connectivity index (χ1) is 7.74. The number of alkyl halides is 1. The van der Waals surface area contributed by atoms with E-state index in [9.17, 15) is 0 Å². The number of halogens is 2. The standard InChI is InChI=1S/C13H20BrClS/c1-2-3-4-5-6-7-8-11(14)12-9-10-13(15)16-12/h9-11H,2-8H2,1H3. The fraction of sp³-hybridized carbons (Fsp3) is 0.692. The zero-order chi connectivity index (χ0) is 11.8. The van der Waals surface area contributed by atoms with Gasteiger partial charge in [0.15, 0.2) is 0 Å². The normalized spacial score (nSPS) is 12.9. The van der Waals surface area contributed by atoms with E-state index in [0.717, 1.165) is 4.34 Å². The lowest BCUT2D eigenvalue weighted by atomic mass is 10.1. The van der Waals surface area contributed by atoms with Gasteiger partial charge in [-0.2, -0.15) is 0 Å². The number of hydrogen-bond donors (Lipinski definition) is 0. The molecule has 0 bridgehead atoms. The fourth-order valence-electron chi connectivity index (χ4n) is 1.74. The van der Waals surface area contributed by atoms with Crippen LogP contribution in [-0.2, 0) is 0 Å². The van der Waals surface area contributed by atoms with E-state index >= 15 is 0 Å². The Labute approximate surface area is 117 Å². The molecule has 0 aliphatic carbocycles. The lowest BCUT2D eigenvalue weighted by Gasteiger charge is -2.06. The Balaban J connectivity index is 2.09. The molecule has 0 amide bonds. The quantitative estimate of drug-likeness (QED) is 0.374. The maximum Gasteiger partial charge on any atom is 0.0931 e. The molecule has 0 N–H and O–H groups in total. The average Bonchev–Trinajstić information content (AvgIpc) is 2.70. The van der Waals surface area contributed by atoms with Gasteiger partial charge in [0.05, 0.1) is 4.34 Å². The van der Waals surface area contributed by atoms with Crippen molar-refractivity contribution in [3.8, 4) is 0 Å². The monoisotopic (exact) mass is 322 g/mol. The third kappa shape index (κ3) is 5.70. The van der Waals surface area contributed by atoms with Crippen molar-refractivity contribution in [1.29, 1.82) is 0 Å². The van der Waals surface area contributed by atoms with Crippen LogP contribution in [0.15, 0.2) is 12.1 Å². The van der Waals surface area contributed by atoms with Gasteiger partial charge in [0.1, 0.15) is 0 Å². The summed E-state index contributed by atoms with van der Waals surface area (Å²) < 4.78 is 0.891. The minimum absolute atomic E-state index is 0.496. The second-order valence-electron chi connectivity index (χ2n) is 4.17. The molecular formula is C13H20BrClS. The molecule has 1 aromatic rings. The Morgan fingerprint density at radius 1 is 1.19 bits per heavy atom. The summed E-state index contributed by atoms with van der Waals surface area (Å²) in [5.41, 5.74) is 0. The number of unbranched alkanes of at least 4 members (excludes halogenated alkanes) is 5. The Morgan fingerprint density at radius 2 is 1.88 bits per heavy atom. The van der Waals surface area contributed by atoms with Gasteiger partial charge in [-0.3, -0.25) is 0 Å². The van der Waals surface area contributed by atoms with E-state index in [1.807, 2.05) is 6.07 Å². The number of thiophene rings is 1. The smallest absolute Gasteiger partial charge is 0.0931 e. The van der Waals surface area contributed by atoms with Gasteiger partial charge in [-0.15, -0.1) is 11.3 Å². The van der Waals surface area contributed by atoms with Crippen molar-refractivity contribution < 1.29 is 0 Å². The summed E-state index contributed by atoms with van der Waals surface area (Å²) in [5.74, 6) is 0. The largest absolute Gasteiger partial charge is 0.127 e. The molecule has 0 spiro atoms. The average molecular weight is 324 g/mol. The van der Waals surface area contributed by atoms with E-state index in [1.54, 1.807) is 11.3 Å². The molecule has 1 rings (SSSR count). The summed E-state index contributed by atoms with van der Waals surface area (Å²) in [7, 11) is 0. The van der Waals surface area contributed by atoms with Gasteiger partial charge >= 0.3 is 0 Å². The van der Waals surface area contributed by atoms with Crippen LogP contribution in [0.4, 0.5) is 0 Å². The van der Waals surface area contributed by atoms with Crippen molar-refractivity contribution in [3.63, 3.8) is 0 Å². The highest BCUT2D eigenvalue weighted by molar-refractivity contribution is 9.09. The van der Waals surface area contributed by atoms with Crippen LogP contribution in [0.1, 0.15) is 61.6 Å². The van der Waals surface area contributed by atoms with Crippen molar-refractivity contribution in [2.24, 2.45) is 0 Å². The summed E-state index contributed by atoms with van der Waals surface area (Å²) in [5, 5.41) is 0. The highest BCUT2D eigenvalue weighted by Gasteiger charge is 2.09. The van der Waals surface area contributed by atoms with Gasteiger partial charge in [0.2, 0.25) is 0 Å². The fourth-order valence-corrected chi connectivity index (χ4v) is 3.57. The van der Waals surface area contributed by atoms with Crippen molar-refractivity contribution in [1.82, 2.24) is 0 Å². The molecule has 0 aliphatic rings. The van der Waals surface area contributed by atoms with E-state index < -0.39 is 0 Å². The molecule has 0 nitrogen and oxygen atoms in total. The molecule has 1 atom stereocenters. The lowest BCUT2D eigenvalue weighted by molar-refractivity contribution is 0.589. The van der Waals surface area contributed by atoms with Crippen LogP contribution < -0.4 is 0 Å². The molecule has 92 valence electrons. The van der Waals surface area contributed by atoms with Crippen LogP contribution in [0.2, 0.25) is 4.34 Å². The zero-order valence-corrected chi connectivity index (χ0v) is 13.0. The number of rotatable bonds is 8. The third-order valence-electron chi connectivity index (χ3n) is 2.71. The van der Waals surface area contributed by atoms with E-state index in [4.69, 9.17) is 11.6 Å². The summed E-state index contributed by atoms with van der Waals surface area (Å²) in [6, 6.07) is 4.11. The molecule has 0 saturated carbocycles. The zero-order valence-electron chi connectivity index (χ0n) is 9.85. The molecule has 1 aromatic heterocycles. The molecule has 16 heavy (non-hydrogen) atoms. The van der Waals surface area contributed by atoms with Crippen LogP contribution in [-0.4, -0.2) is 0 Å². The second kappa shape index (κ2) is 8.54. The van der Waals surface area contributed by atoms with Gasteiger partial charge in [-0.05, 0) is 18.6 Å². The lowest BCUT2D eigenvalue weighted by Crippen LogP contribution is -1.87. The molecular weight excluding hydrogens is 304 g/mol. The summed E-state index contributed by atoms with van der Waals surface area (Å²) in [6.45, 7) is 2.26.